The fourth-order valence-electron chi connectivity index (χ4n) is 5.00. The lowest BCUT2D eigenvalue weighted by Gasteiger charge is -2.41. The number of para-hydroxylation sites is 1. The first kappa shape index (κ1) is 17.6. The van der Waals surface area contributed by atoms with Gasteiger partial charge < -0.3 is 14.8 Å². The highest BCUT2D eigenvalue weighted by molar-refractivity contribution is 5.85. The summed E-state index contributed by atoms with van der Waals surface area (Å²) in [5, 5.41) is 6.47. The fourth-order valence-corrected chi connectivity index (χ4v) is 5.00. The molecule has 1 fully saturated rings. The Bertz CT molecular complexity index is 986. The van der Waals surface area contributed by atoms with Crippen LogP contribution >= 0.6 is 0 Å². The van der Waals surface area contributed by atoms with Gasteiger partial charge >= 0.3 is 0 Å². The highest BCUT2D eigenvalue weighted by Gasteiger charge is 2.43. The molecule has 2 aliphatic rings. The molecule has 3 nitrogen and oxygen atoms in total. The Labute approximate surface area is 166 Å². The minimum Gasteiger partial charge on any atom is -0.493 e. The Morgan fingerprint density at radius 3 is 2.64 bits per heavy atom. The summed E-state index contributed by atoms with van der Waals surface area (Å²) in [6.45, 7) is 0.846. The van der Waals surface area contributed by atoms with Gasteiger partial charge in [0.05, 0.1) is 7.11 Å². The Balaban J connectivity index is 1.47. The van der Waals surface area contributed by atoms with E-state index in [1.807, 2.05) is 6.07 Å². The van der Waals surface area contributed by atoms with E-state index in [2.05, 4.69) is 59.9 Å². The molecule has 1 N–H and O–H groups in total. The summed E-state index contributed by atoms with van der Waals surface area (Å²) in [6.07, 6.45) is 5.80. The molecule has 144 valence electrons. The first-order chi connectivity index (χ1) is 13.8. The zero-order valence-electron chi connectivity index (χ0n) is 16.4. The largest absolute Gasteiger partial charge is 0.493 e. The lowest BCUT2D eigenvalue weighted by Crippen LogP contribution is -2.42. The van der Waals surface area contributed by atoms with Gasteiger partial charge in [-0.3, -0.25) is 0 Å². The standard InChI is InChI=1S/C25H27NO2/c1-27-23-13-7-12-21-22(16-25(28-24(21)23)14-4-5-15-25)26-17-19-10-6-9-18-8-2-3-11-20(18)19/h2-3,6-13,22,26H,4-5,14-17H2,1H3. The Kier molecular flexibility index (Phi) is 4.48. The quantitative estimate of drug-likeness (QED) is 0.629. The second-order valence-corrected chi connectivity index (χ2v) is 8.15. The van der Waals surface area contributed by atoms with Crippen molar-refractivity contribution in [3.05, 3.63) is 71.8 Å². The lowest BCUT2D eigenvalue weighted by molar-refractivity contribution is 0.0334. The third-order valence-electron chi connectivity index (χ3n) is 6.43. The molecule has 3 aromatic carbocycles. The molecule has 0 bridgehead atoms. The second kappa shape index (κ2) is 7.14. The minimum absolute atomic E-state index is 0.0436. The van der Waals surface area contributed by atoms with Crippen LogP contribution in [0.5, 0.6) is 11.5 Å². The van der Waals surface area contributed by atoms with E-state index >= 15 is 0 Å². The van der Waals surface area contributed by atoms with Crippen LogP contribution in [0.25, 0.3) is 10.8 Å². The summed E-state index contributed by atoms with van der Waals surface area (Å²) < 4.78 is 12.2. The van der Waals surface area contributed by atoms with E-state index in [-0.39, 0.29) is 11.6 Å². The molecule has 1 unspecified atom stereocenters. The molecule has 0 amide bonds. The first-order valence-corrected chi connectivity index (χ1v) is 10.3. The molecule has 3 aromatic rings. The average Bonchev–Trinajstić information content (AvgIpc) is 3.19. The third-order valence-corrected chi connectivity index (χ3v) is 6.43. The van der Waals surface area contributed by atoms with E-state index in [0.29, 0.717) is 0 Å². The molecule has 0 saturated heterocycles. The summed E-state index contributed by atoms with van der Waals surface area (Å²) in [5.41, 5.74) is 2.52. The zero-order chi connectivity index (χ0) is 19.0. The molecule has 1 spiro atoms. The zero-order valence-corrected chi connectivity index (χ0v) is 16.4. The molecular formula is C25H27NO2. The van der Waals surface area contributed by atoms with Crippen molar-refractivity contribution in [3.8, 4) is 11.5 Å². The van der Waals surface area contributed by atoms with Gasteiger partial charge in [0.2, 0.25) is 0 Å². The molecular weight excluding hydrogens is 346 g/mol. The summed E-state index contributed by atoms with van der Waals surface area (Å²) in [5.74, 6) is 1.79. The fraction of sp³-hybridized carbons (Fsp3) is 0.360. The molecule has 3 heteroatoms. The maximum Gasteiger partial charge on any atom is 0.166 e. The number of hydrogen-bond donors (Lipinski definition) is 1. The number of nitrogens with one attached hydrogen (secondary N) is 1. The normalized spacial score (nSPS) is 20.1. The van der Waals surface area contributed by atoms with Crippen LogP contribution in [0.2, 0.25) is 0 Å². The van der Waals surface area contributed by atoms with Crippen molar-refractivity contribution in [2.24, 2.45) is 0 Å². The van der Waals surface area contributed by atoms with Crippen molar-refractivity contribution >= 4 is 10.8 Å². The van der Waals surface area contributed by atoms with Crippen LogP contribution in [0.3, 0.4) is 0 Å². The van der Waals surface area contributed by atoms with E-state index in [1.165, 1.54) is 34.7 Å². The predicted octanol–water partition coefficient (Wildman–Crippen LogP) is 5.77. The summed E-state index contributed by atoms with van der Waals surface area (Å²) in [6, 6.07) is 21.7. The number of hydrogen-bond acceptors (Lipinski definition) is 3. The predicted molar refractivity (Wildman–Crippen MR) is 113 cm³/mol. The maximum atomic E-state index is 6.59. The summed E-state index contributed by atoms with van der Waals surface area (Å²) in [7, 11) is 1.73. The van der Waals surface area contributed by atoms with Crippen molar-refractivity contribution in [2.45, 2.75) is 50.3 Å². The van der Waals surface area contributed by atoms with Gasteiger partial charge in [-0.05, 0) is 48.1 Å². The van der Waals surface area contributed by atoms with Gasteiger partial charge in [0.25, 0.3) is 0 Å². The minimum atomic E-state index is -0.0436. The van der Waals surface area contributed by atoms with Gasteiger partial charge in [-0.15, -0.1) is 0 Å². The smallest absolute Gasteiger partial charge is 0.166 e. The SMILES string of the molecule is COc1cccc2c1OC1(CCCC1)CC2NCc1cccc2ccccc12. The van der Waals surface area contributed by atoms with E-state index in [9.17, 15) is 0 Å². The molecule has 1 heterocycles. The van der Waals surface area contributed by atoms with Gasteiger partial charge in [-0.2, -0.15) is 0 Å². The van der Waals surface area contributed by atoms with Crippen molar-refractivity contribution in [2.75, 3.05) is 7.11 Å². The number of rotatable bonds is 4. The molecule has 1 saturated carbocycles. The number of ether oxygens (including phenoxy) is 2. The average molecular weight is 373 g/mol. The van der Waals surface area contributed by atoms with Crippen LogP contribution < -0.4 is 14.8 Å². The summed E-state index contributed by atoms with van der Waals surface area (Å²) in [4.78, 5) is 0. The Morgan fingerprint density at radius 1 is 1.00 bits per heavy atom. The molecule has 0 aromatic heterocycles. The van der Waals surface area contributed by atoms with Crippen LogP contribution in [-0.4, -0.2) is 12.7 Å². The third kappa shape index (κ3) is 3.04. The van der Waals surface area contributed by atoms with E-state index in [4.69, 9.17) is 9.47 Å². The molecule has 1 aliphatic carbocycles. The van der Waals surface area contributed by atoms with Crippen molar-refractivity contribution in [1.29, 1.82) is 0 Å². The highest BCUT2D eigenvalue weighted by Crippen LogP contribution is 2.50. The van der Waals surface area contributed by atoms with E-state index in [0.717, 1.165) is 37.3 Å². The topological polar surface area (TPSA) is 30.5 Å². The van der Waals surface area contributed by atoms with Gasteiger partial charge in [0, 0.05) is 24.6 Å². The van der Waals surface area contributed by atoms with Gasteiger partial charge in [0.15, 0.2) is 11.5 Å². The number of methoxy groups -OCH3 is 1. The van der Waals surface area contributed by atoms with E-state index < -0.39 is 0 Å². The number of fused-ring (bicyclic) bond motifs is 2. The lowest BCUT2D eigenvalue weighted by atomic mass is 9.85. The summed E-state index contributed by atoms with van der Waals surface area (Å²) >= 11 is 0. The van der Waals surface area contributed by atoms with Crippen molar-refractivity contribution in [3.63, 3.8) is 0 Å². The van der Waals surface area contributed by atoms with Crippen molar-refractivity contribution < 1.29 is 9.47 Å². The Morgan fingerprint density at radius 2 is 1.79 bits per heavy atom. The van der Waals surface area contributed by atoms with Gasteiger partial charge in [-0.25, -0.2) is 0 Å². The molecule has 0 radical (unpaired) electrons. The monoisotopic (exact) mass is 373 g/mol. The highest BCUT2D eigenvalue weighted by atomic mass is 16.5. The second-order valence-electron chi connectivity index (χ2n) is 8.15. The van der Waals surface area contributed by atoms with Crippen LogP contribution in [0.1, 0.15) is 49.3 Å². The number of benzene rings is 3. The van der Waals surface area contributed by atoms with Crippen LogP contribution in [-0.2, 0) is 6.54 Å². The van der Waals surface area contributed by atoms with E-state index in [1.54, 1.807) is 7.11 Å². The first-order valence-electron chi connectivity index (χ1n) is 10.3. The molecule has 28 heavy (non-hydrogen) atoms. The van der Waals surface area contributed by atoms with Gasteiger partial charge in [0.1, 0.15) is 5.60 Å². The van der Waals surface area contributed by atoms with Gasteiger partial charge in [-0.1, -0.05) is 54.6 Å². The van der Waals surface area contributed by atoms with Crippen LogP contribution in [0, 0.1) is 0 Å². The maximum absolute atomic E-state index is 6.59. The molecule has 1 atom stereocenters. The molecule has 5 rings (SSSR count). The van der Waals surface area contributed by atoms with Crippen molar-refractivity contribution in [1.82, 2.24) is 5.32 Å². The molecule has 1 aliphatic heterocycles. The Hall–Kier alpha value is -2.52. The van der Waals surface area contributed by atoms with Crippen LogP contribution in [0.4, 0.5) is 0 Å². The van der Waals surface area contributed by atoms with Crippen LogP contribution in [0.15, 0.2) is 60.7 Å².